The van der Waals surface area contributed by atoms with Gasteiger partial charge in [0.2, 0.25) is 34.7 Å². The second-order valence-electron chi connectivity index (χ2n) is 39.2. The van der Waals surface area contributed by atoms with Crippen LogP contribution >= 0.6 is 22.7 Å². The summed E-state index contributed by atoms with van der Waals surface area (Å²) in [4.78, 5) is 181. The first-order valence-corrected chi connectivity index (χ1v) is 48.7. The number of thiazole rings is 2. The number of likely N-dealkylation sites (N-methyl/N-ethyl adjacent to an activating group) is 2. The minimum Gasteiger partial charge on any atom is -0.478 e. The van der Waals surface area contributed by atoms with Gasteiger partial charge in [0.25, 0.3) is 17.7 Å². The predicted octanol–water partition coefficient (Wildman–Crippen LogP) is 14.6. The van der Waals surface area contributed by atoms with Gasteiger partial charge in [0.15, 0.2) is 5.78 Å². The summed E-state index contributed by atoms with van der Waals surface area (Å²) in [5.41, 5.74) is 8.07. The van der Waals surface area contributed by atoms with Crippen molar-refractivity contribution in [1.82, 2.24) is 55.5 Å². The number of alkyl halides is 6. The summed E-state index contributed by atoms with van der Waals surface area (Å²) in [5, 5.41) is 43.7. The van der Waals surface area contributed by atoms with Crippen LogP contribution in [-0.2, 0) is 54.2 Å². The number of carbonyl (C=O) groups is 10. The molecule has 4 fully saturated rings. The van der Waals surface area contributed by atoms with Crippen LogP contribution in [0.25, 0.3) is 43.1 Å². The third-order valence-electron chi connectivity index (χ3n) is 26.7. The first-order valence-electron chi connectivity index (χ1n) is 47.0. The van der Waals surface area contributed by atoms with Gasteiger partial charge in [-0.15, -0.1) is 22.7 Å². The number of aryl methyl sites for hydroxylation is 2. The Balaban J connectivity index is 0.000000230. The van der Waals surface area contributed by atoms with Gasteiger partial charge in [-0.25, -0.2) is 23.5 Å². The van der Waals surface area contributed by atoms with E-state index in [9.17, 15) is 104 Å². The van der Waals surface area contributed by atoms with E-state index < -0.39 is 152 Å². The number of aromatic amines is 2. The van der Waals surface area contributed by atoms with Crippen molar-refractivity contribution in [1.29, 1.82) is 0 Å². The average molecular weight is 2060 g/mol. The summed E-state index contributed by atoms with van der Waals surface area (Å²) in [7, 11) is 3.94. The summed E-state index contributed by atoms with van der Waals surface area (Å²) in [5.74, 6) is -9.64. The van der Waals surface area contributed by atoms with Crippen molar-refractivity contribution in [3.63, 3.8) is 0 Å². The average Bonchev–Trinajstić information content (AvgIpc) is 1.35. The zero-order valence-corrected chi connectivity index (χ0v) is 84.1. The van der Waals surface area contributed by atoms with Crippen LogP contribution in [0.5, 0.6) is 0 Å². The number of hydrogen-bond acceptors (Lipinski definition) is 23. The molecule has 0 radical (unpaired) electrons. The van der Waals surface area contributed by atoms with Gasteiger partial charge in [-0.1, -0.05) is 110 Å². The van der Waals surface area contributed by atoms with E-state index in [1.807, 2.05) is 140 Å². The number of ketones is 2. The lowest BCUT2D eigenvalue weighted by atomic mass is 9.76. The summed E-state index contributed by atoms with van der Waals surface area (Å²) < 4.78 is 113. The van der Waals surface area contributed by atoms with Crippen LogP contribution < -0.4 is 53.2 Å². The van der Waals surface area contributed by atoms with Crippen molar-refractivity contribution < 1.29 is 98.4 Å². The molecule has 146 heavy (non-hydrogen) atoms. The van der Waals surface area contributed by atoms with E-state index in [0.717, 1.165) is 67.7 Å². The number of nitrogens with one attached hydrogen (secondary N) is 7. The highest BCUT2D eigenvalue weighted by atomic mass is 32.1. The molecule has 41 heteroatoms. The number of rotatable bonds is 27. The molecule has 780 valence electrons. The molecule has 31 nitrogen and oxygen atoms in total. The van der Waals surface area contributed by atoms with Crippen molar-refractivity contribution in [2.24, 2.45) is 28.4 Å². The Morgan fingerprint density at radius 1 is 0.486 bits per heavy atom. The van der Waals surface area contributed by atoms with E-state index in [4.69, 9.17) is 5.73 Å². The normalized spacial score (nSPS) is 18.7. The lowest BCUT2D eigenvalue weighted by molar-refractivity contribution is -0.146. The minimum atomic E-state index is -5.03. The largest absolute Gasteiger partial charge is 0.478 e. The van der Waals surface area contributed by atoms with Gasteiger partial charge in [0, 0.05) is 155 Å². The Morgan fingerprint density at radius 3 is 1.20 bits per heavy atom. The number of benzene rings is 6. The van der Waals surface area contributed by atoms with E-state index >= 15 is 4.39 Å². The highest BCUT2D eigenvalue weighted by Gasteiger charge is 2.48. The number of aliphatic hydroxyl groups excluding tert-OH is 2. The van der Waals surface area contributed by atoms with E-state index in [1.165, 1.54) is 45.4 Å². The van der Waals surface area contributed by atoms with Crippen molar-refractivity contribution in [2.45, 2.75) is 190 Å². The zero-order chi connectivity index (χ0) is 106. The highest BCUT2D eigenvalue weighted by molar-refractivity contribution is 7.13. The Hall–Kier alpha value is -13.6. The molecule has 4 aliphatic heterocycles. The van der Waals surface area contributed by atoms with Crippen LogP contribution in [0.2, 0.25) is 0 Å². The Morgan fingerprint density at radius 2 is 0.849 bits per heavy atom. The molecule has 10 aromatic rings. The van der Waals surface area contributed by atoms with E-state index in [0.29, 0.717) is 68.6 Å². The molecule has 6 aromatic carbocycles. The van der Waals surface area contributed by atoms with Crippen molar-refractivity contribution in [3.8, 4) is 43.1 Å². The number of aromatic carboxylic acids is 1. The number of hydrogen-bond donors (Lipinski definition) is 11. The SMILES string of the molecule is C.C[C@@H]1CN(c2ccc(-c3cc(C(=O)O)ccc3F)cc2NC(=O)c2c[nH]c(=O)cc2C(F)(F)F)C[C@H](C)N1C.Cc1ncsc1-c1ccc(CNC(=O)[C@H]2C[C@H](O)CN2C(=O)[C@@H](CC(=O)CN)C(C)(C)C)cc1.Cc1ncsc1-c1ccc(CNC(=O)[C@H]2C[C@H](O)CN2C(=O)[C@@H](CC(=O)CNC(=O)c2ccc(F)c(-c3ccc(N4C[C@@H](C)N(C)[C@@H](C)C4)c(NC(=O)c4c[nH]c(=O)cc4C(F)(F)F)c3)c2)C(C)(C)C)cc1. The molecule has 0 unspecified atom stereocenters. The van der Waals surface area contributed by atoms with Crippen molar-refractivity contribution in [3.05, 3.63) is 245 Å². The molecule has 12 N–H and O–H groups in total. The number of carbonyl (C=O) groups excluding carboxylic acids is 9. The van der Waals surface area contributed by atoms with Gasteiger partial charge in [-0.2, -0.15) is 26.3 Å². The second-order valence-corrected chi connectivity index (χ2v) is 40.9. The molecule has 0 spiro atoms. The lowest BCUT2D eigenvalue weighted by Crippen LogP contribution is -2.55. The van der Waals surface area contributed by atoms with Gasteiger partial charge in [0.05, 0.1) is 108 Å². The first kappa shape index (κ1) is 113. The number of Topliss-reactive ketones (excluding diaryl/α,β-unsaturated/α-hetero) is 2. The maximum Gasteiger partial charge on any atom is 0.417 e. The smallest absolute Gasteiger partial charge is 0.417 e. The molecule has 4 saturated heterocycles. The summed E-state index contributed by atoms with van der Waals surface area (Å²) in [6.07, 6.45) is -10.5. The van der Waals surface area contributed by atoms with E-state index in [1.54, 1.807) is 61.9 Å². The fraction of sp³-hybridized carbons (Fsp3) is 0.410. The molecule has 14 rings (SSSR count). The summed E-state index contributed by atoms with van der Waals surface area (Å²) >= 11 is 3.12. The Bertz CT molecular complexity index is 6580. The van der Waals surface area contributed by atoms with Gasteiger partial charge in [-0.3, -0.25) is 62.5 Å². The highest BCUT2D eigenvalue weighted by Crippen LogP contribution is 2.43. The molecule has 0 bridgehead atoms. The molecule has 8 heterocycles. The van der Waals surface area contributed by atoms with Crippen molar-refractivity contribution >= 4 is 104 Å². The Kier molecular flexibility index (Phi) is 36.5. The molecular formula is C105H122F8N16O15S2. The zero-order valence-electron chi connectivity index (χ0n) is 82.4. The number of nitrogens with two attached hydrogens (primary N) is 1. The minimum absolute atomic E-state index is 0. The summed E-state index contributed by atoms with van der Waals surface area (Å²) in [6.45, 7) is 24.8. The standard InChI is InChI=1S/C52H58F4N8O7S.C27H26F4N4O4.C25H34N4O4S.CH4/c1-28-24-63(25-29(2)62(28)7)43-15-13-33(17-42(43)61-48(69)38-23-57-45(67)20-39(38)52(54,55)56)37-16-34(12-14-41(37)53)47(68)59-22-35(65)18-40(51(4,5)6)50(71)64-26-36(66)19-44(64)49(70)58-21-31-8-10-32(11-9-31)46-30(3)60-27-72-46;1-14-12-35(13-15(2)34(14)3)23-7-5-16(18-8-17(26(38)39)4-6-21(18)28)9-22(23)33-25(37)19-11-32-24(36)10-20(19)27(29,30)31;1-15-22(34-14-28-15)17-7-5-16(6-8-17)12-27-23(32)21-10-19(31)13-29(21)24(33)20(25(2,3)4)9-18(30)11-26;/h8-17,20,23,27-29,36,40,44,66H,18-19,21-22,24-26H2,1-7H3,(H,57,67)(H,58,70)(H,59,68)(H,61,69);4-11,14-15H,12-13H2,1-3H3,(H,32,36)(H,33,37)(H,38,39);5-8,14,19-21,31H,9-13,26H2,1-4H3,(H,27,32);1H4/t28-,29+,36-,40+,44+;14-,15+;19-,20+,21+;/m0.0./s1. The second kappa shape index (κ2) is 47.3. The van der Waals surface area contributed by atoms with Crippen LogP contribution in [0, 0.1) is 48.1 Å². The fourth-order valence-electron chi connectivity index (χ4n) is 18.0. The number of amides is 7. The monoisotopic (exact) mass is 2060 g/mol. The van der Waals surface area contributed by atoms with Crippen LogP contribution in [0.1, 0.15) is 177 Å². The van der Waals surface area contributed by atoms with E-state index in [-0.39, 0.29) is 146 Å². The number of likely N-dealkylation sites (tertiary alicyclic amines) is 2. The maximum atomic E-state index is 15.7. The van der Waals surface area contributed by atoms with Crippen LogP contribution in [0.3, 0.4) is 0 Å². The van der Waals surface area contributed by atoms with Crippen LogP contribution in [-0.4, -0.2) is 229 Å². The van der Waals surface area contributed by atoms with Crippen molar-refractivity contribution in [2.75, 3.05) is 86.9 Å². The third kappa shape index (κ3) is 27.6. The number of halogens is 8. The number of aliphatic hydroxyl groups is 2. The number of piperazine rings is 2. The maximum absolute atomic E-state index is 15.7. The topological polar surface area (TPSA) is 428 Å². The molecule has 0 aliphatic carbocycles. The Labute approximate surface area is 847 Å². The number of carboxylic acid groups (broad SMARTS) is 1. The van der Waals surface area contributed by atoms with Crippen LogP contribution in [0.15, 0.2) is 166 Å². The van der Waals surface area contributed by atoms with Crippen LogP contribution in [0.4, 0.5) is 57.9 Å². The molecule has 10 atom stereocenters. The third-order valence-corrected chi connectivity index (χ3v) is 28.7. The number of pyridine rings is 2. The number of anilines is 4. The predicted molar refractivity (Wildman–Crippen MR) is 542 cm³/mol. The number of nitrogens with zero attached hydrogens (tertiary/aromatic N) is 8. The van der Waals surface area contributed by atoms with Gasteiger partial charge in [0.1, 0.15) is 29.5 Å². The molecule has 4 aromatic heterocycles. The fourth-order valence-corrected chi connectivity index (χ4v) is 19.7. The number of β-amino-alcohol motifs (C(OH)–C–C–N with tert-alkyl or cyclic N) is 2. The summed E-state index contributed by atoms with van der Waals surface area (Å²) in [6, 6.07) is 30.6. The number of carboxylic acids is 1. The molecular weight excluding hydrogens is 1940 g/mol. The first-order chi connectivity index (χ1) is 68.1. The number of aromatic nitrogens is 4. The lowest BCUT2D eigenvalue weighted by Gasteiger charge is -2.44. The molecule has 7 amide bonds. The molecule has 4 aliphatic rings. The van der Waals surface area contributed by atoms with Gasteiger partial charge >= 0.3 is 18.3 Å². The number of H-pyrrole nitrogens is 2. The quantitative estimate of drug-likeness (QED) is 0.0213. The molecule has 0 saturated carbocycles. The van der Waals surface area contributed by atoms with Gasteiger partial charge in [-0.05, 0) is 161 Å². The van der Waals surface area contributed by atoms with E-state index in [2.05, 4.69) is 56.3 Å². The van der Waals surface area contributed by atoms with Gasteiger partial charge < -0.3 is 77.2 Å².